The molecule has 0 radical (unpaired) electrons. The molecule has 1 unspecified atom stereocenters. The number of carboxylic acid groups (broad SMARTS) is 1. The molecule has 5 heteroatoms. The van der Waals surface area contributed by atoms with Gasteiger partial charge in [0.25, 0.3) is 0 Å². The molecule has 1 fully saturated rings. The fourth-order valence-electron chi connectivity index (χ4n) is 3.60. The van der Waals surface area contributed by atoms with Gasteiger partial charge in [-0.25, -0.2) is 4.79 Å². The first-order chi connectivity index (χ1) is 12.1. The summed E-state index contributed by atoms with van der Waals surface area (Å²) in [5.41, 5.74) is 1.57. The summed E-state index contributed by atoms with van der Waals surface area (Å²) in [5, 5.41) is 9.07. The quantitative estimate of drug-likeness (QED) is 0.579. The Balaban J connectivity index is 1.89. The topological polar surface area (TPSA) is 46.5 Å². The monoisotopic (exact) mass is 422 g/mol. The number of carbonyl (C=O) groups is 1. The Morgan fingerprint density at radius 1 is 1.28 bits per heavy atom. The molecule has 25 heavy (non-hydrogen) atoms. The summed E-state index contributed by atoms with van der Waals surface area (Å²) in [6, 6.07) is 8.97. The Hall–Kier alpha value is -1.33. The molecule has 0 bridgehead atoms. The third-order valence-corrected chi connectivity index (χ3v) is 6.68. The third-order valence-electron chi connectivity index (χ3n) is 4.88. The van der Waals surface area contributed by atoms with Crippen molar-refractivity contribution in [3.05, 3.63) is 50.1 Å². The lowest BCUT2D eigenvalue weighted by Crippen LogP contribution is -2.22. The summed E-state index contributed by atoms with van der Waals surface area (Å²) in [5.74, 6) is 0.343. The minimum absolute atomic E-state index is 0.0356. The molecule has 0 amide bonds. The van der Waals surface area contributed by atoms with E-state index in [9.17, 15) is 4.79 Å². The van der Waals surface area contributed by atoms with Gasteiger partial charge in [0.15, 0.2) is 0 Å². The van der Waals surface area contributed by atoms with E-state index in [4.69, 9.17) is 9.84 Å². The van der Waals surface area contributed by atoms with Gasteiger partial charge >= 0.3 is 5.97 Å². The van der Waals surface area contributed by atoms with Crippen LogP contribution in [0.4, 0.5) is 0 Å². The van der Waals surface area contributed by atoms with Gasteiger partial charge in [-0.2, -0.15) is 0 Å². The summed E-state index contributed by atoms with van der Waals surface area (Å²) in [4.78, 5) is 12.4. The summed E-state index contributed by atoms with van der Waals surface area (Å²) in [7, 11) is 0. The van der Waals surface area contributed by atoms with E-state index in [2.05, 4.69) is 28.9 Å². The fraction of sp³-hybridized carbons (Fsp3) is 0.450. The molecule has 1 aliphatic carbocycles. The number of ether oxygens (including phenoxy) is 1. The molecule has 134 valence electrons. The van der Waals surface area contributed by atoms with Gasteiger partial charge < -0.3 is 9.84 Å². The van der Waals surface area contributed by atoms with E-state index in [0.717, 1.165) is 16.0 Å². The zero-order valence-electron chi connectivity index (χ0n) is 14.3. The van der Waals surface area contributed by atoms with E-state index in [1.165, 1.54) is 42.5 Å². The maximum Gasteiger partial charge on any atom is 0.335 e. The van der Waals surface area contributed by atoms with Gasteiger partial charge in [0.05, 0.1) is 9.35 Å². The van der Waals surface area contributed by atoms with Crippen LogP contribution in [0.5, 0.6) is 5.75 Å². The van der Waals surface area contributed by atoms with Crippen molar-refractivity contribution in [3.63, 3.8) is 0 Å². The van der Waals surface area contributed by atoms with E-state index < -0.39 is 5.97 Å². The number of rotatable bonds is 6. The van der Waals surface area contributed by atoms with Crippen LogP contribution in [0.15, 0.2) is 34.1 Å². The molecule has 1 heterocycles. The maximum absolute atomic E-state index is 11.0. The fourth-order valence-corrected chi connectivity index (χ4v) is 5.29. The zero-order chi connectivity index (χ0) is 17.8. The van der Waals surface area contributed by atoms with Crippen LogP contribution in [0.1, 0.15) is 65.9 Å². The summed E-state index contributed by atoms with van der Waals surface area (Å²) >= 11 is 5.41. The minimum Gasteiger partial charge on any atom is -0.485 e. The second kappa shape index (κ2) is 8.37. The molecular formula is C20H23BrO3S. The maximum atomic E-state index is 11.0. The van der Waals surface area contributed by atoms with Crippen molar-refractivity contribution in [2.45, 2.75) is 51.6 Å². The van der Waals surface area contributed by atoms with Gasteiger partial charge in [-0.3, -0.25) is 0 Å². The number of hydrogen-bond donors (Lipinski definition) is 1. The van der Waals surface area contributed by atoms with Crippen LogP contribution in [-0.2, 0) is 6.42 Å². The number of halogens is 1. The van der Waals surface area contributed by atoms with Crippen molar-refractivity contribution < 1.29 is 14.6 Å². The van der Waals surface area contributed by atoms with Gasteiger partial charge in [-0.15, -0.1) is 11.3 Å². The highest BCUT2D eigenvalue weighted by molar-refractivity contribution is 9.11. The lowest BCUT2D eigenvalue weighted by Gasteiger charge is -2.31. The van der Waals surface area contributed by atoms with Crippen molar-refractivity contribution in [2.24, 2.45) is 5.92 Å². The Morgan fingerprint density at radius 3 is 2.56 bits per heavy atom. The first-order valence-electron chi connectivity index (χ1n) is 8.86. The van der Waals surface area contributed by atoms with Gasteiger partial charge in [0.1, 0.15) is 11.9 Å². The van der Waals surface area contributed by atoms with Gasteiger partial charge in [0.2, 0.25) is 0 Å². The predicted octanol–water partition coefficient (Wildman–Crippen LogP) is 6.47. The SMILES string of the molecule is CCc1sc(Br)cc1C(Oc1ccc(C(=O)O)cc1)C1CCCCC1. The van der Waals surface area contributed by atoms with Crippen molar-refractivity contribution in [1.29, 1.82) is 0 Å². The van der Waals surface area contributed by atoms with Crippen molar-refractivity contribution >= 4 is 33.2 Å². The predicted molar refractivity (Wildman–Crippen MR) is 105 cm³/mol. The summed E-state index contributed by atoms with van der Waals surface area (Å²) in [6.07, 6.45) is 7.24. The molecule has 1 aromatic heterocycles. The number of aromatic carboxylic acids is 1. The van der Waals surface area contributed by atoms with Crippen LogP contribution in [-0.4, -0.2) is 11.1 Å². The van der Waals surface area contributed by atoms with Crippen molar-refractivity contribution in [3.8, 4) is 5.75 Å². The average molecular weight is 423 g/mol. The van der Waals surface area contributed by atoms with Crippen LogP contribution in [0.2, 0.25) is 0 Å². The van der Waals surface area contributed by atoms with E-state index >= 15 is 0 Å². The second-order valence-corrected chi connectivity index (χ2v) is 9.06. The van der Waals surface area contributed by atoms with Crippen LogP contribution >= 0.6 is 27.3 Å². The Kier molecular flexibility index (Phi) is 6.18. The van der Waals surface area contributed by atoms with Crippen molar-refractivity contribution in [1.82, 2.24) is 0 Å². The van der Waals surface area contributed by atoms with Crippen molar-refractivity contribution in [2.75, 3.05) is 0 Å². The molecule has 1 aromatic carbocycles. The largest absolute Gasteiger partial charge is 0.485 e. The molecule has 2 aromatic rings. The highest BCUT2D eigenvalue weighted by Crippen LogP contribution is 2.42. The van der Waals surface area contributed by atoms with Crippen LogP contribution in [0, 0.1) is 5.92 Å². The molecule has 0 saturated heterocycles. The Morgan fingerprint density at radius 2 is 1.96 bits per heavy atom. The van der Waals surface area contributed by atoms with Crippen LogP contribution in [0.25, 0.3) is 0 Å². The number of carboxylic acids is 1. The van der Waals surface area contributed by atoms with E-state index in [-0.39, 0.29) is 11.7 Å². The van der Waals surface area contributed by atoms with Gasteiger partial charge in [-0.1, -0.05) is 26.2 Å². The van der Waals surface area contributed by atoms with E-state index in [0.29, 0.717) is 5.92 Å². The molecule has 3 nitrogen and oxygen atoms in total. The Bertz CT molecular complexity index is 717. The minimum atomic E-state index is -0.912. The number of aryl methyl sites for hydroxylation is 1. The molecule has 0 spiro atoms. The zero-order valence-corrected chi connectivity index (χ0v) is 16.7. The summed E-state index contributed by atoms with van der Waals surface area (Å²) in [6.45, 7) is 2.18. The lowest BCUT2D eigenvalue weighted by atomic mass is 9.82. The lowest BCUT2D eigenvalue weighted by molar-refractivity contribution is 0.0696. The van der Waals surface area contributed by atoms with Crippen LogP contribution in [0.3, 0.4) is 0 Å². The number of hydrogen-bond acceptors (Lipinski definition) is 3. The first-order valence-corrected chi connectivity index (χ1v) is 10.5. The molecule has 3 rings (SSSR count). The van der Waals surface area contributed by atoms with Gasteiger partial charge in [-0.05, 0) is 65.5 Å². The number of benzene rings is 1. The molecule has 1 aliphatic rings. The highest BCUT2D eigenvalue weighted by Gasteiger charge is 2.29. The smallest absolute Gasteiger partial charge is 0.335 e. The average Bonchev–Trinajstić information content (AvgIpc) is 3.01. The van der Waals surface area contributed by atoms with E-state index in [1.54, 1.807) is 35.6 Å². The number of thiophene rings is 1. The Labute approximate surface area is 161 Å². The molecular weight excluding hydrogens is 400 g/mol. The van der Waals surface area contributed by atoms with Crippen LogP contribution < -0.4 is 4.74 Å². The highest BCUT2D eigenvalue weighted by atomic mass is 79.9. The second-order valence-electron chi connectivity index (χ2n) is 6.55. The molecule has 1 atom stereocenters. The third kappa shape index (κ3) is 4.45. The molecule has 1 N–H and O–H groups in total. The van der Waals surface area contributed by atoms with E-state index in [1.807, 2.05) is 0 Å². The van der Waals surface area contributed by atoms with Gasteiger partial charge in [0, 0.05) is 16.4 Å². The first kappa shape index (κ1) is 18.5. The normalized spacial score (nSPS) is 16.6. The summed E-state index contributed by atoms with van der Waals surface area (Å²) < 4.78 is 7.57. The molecule has 0 aliphatic heterocycles. The standard InChI is InChI=1S/C20H23BrO3S/c1-2-17-16(12-18(21)25-17)19(13-6-4-3-5-7-13)24-15-10-8-14(9-11-15)20(22)23/h8-13,19H,2-7H2,1H3,(H,22,23). The molecule has 1 saturated carbocycles.